The molecule has 4 bridgehead atoms. The van der Waals surface area contributed by atoms with Gasteiger partial charge in [0.05, 0.1) is 11.3 Å². The summed E-state index contributed by atoms with van der Waals surface area (Å²) in [7, 11) is 0. The Morgan fingerprint density at radius 1 is 1.11 bits per heavy atom. The molecule has 10 nitrogen and oxygen atoms in total. The molecule has 1 saturated carbocycles. The molecule has 1 aliphatic carbocycles. The monoisotopic (exact) mass is 559 g/mol. The second-order valence-electron chi connectivity index (χ2n) is 8.85. The Balaban J connectivity index is 1.95. The molecular weight excluding hydrogens is 542 g/mol. The number of carboxylic acid groups (broad SMARTS) is 1. The highest BCUT2D eigenvalue weighted by Gasteiger charge is 2.59. The molecular formula is C20H17F8N5O5. The highest BCUT2D eigenvalue weighted by Crippen LogP contribution is 2.45. The van der Waals surface area contributed by atoms with Crippen molar-refractivity contribution in [2.45, 2.75) is 62.0 Å². The smallest absolute Gasteiger partial charge is 0.426 e. The van der Waals surface area contributed by atoms with E-state index in [4.69, 9.17) is 9.52 Å². The van der Waals surface area contributed by atoms with Crippen LogP contribution in [0.15, 0.2) is 10.5 Å². The molecule has 1 atom stereocenters. The summed E-state index contributed by atoms with van der Waals surface area (Å²) in [6.45, 7) is -0.536. The lowest BCUT2D eigenvalue weighted by atomic mass is 9.86. The van der Waals surface area contributed by atoms with Gasteiger partial charge in [-0.15, -0.1) is 10.2 Å². The maximum atomic E-state index is 13.9. The molecule has 1 aliphatic heterocycles. The lowest BCUT2D eigenvalue weighted by Gasteiger charge is -2.42. The third-order valence-corrected chi connectivity index (χ3v) is 6.18. The van der Waals surface area contributed by atoms with Crippen LogP contribution in [-0.4, -0.2) is 67.0 Å². The SMILES string of the molecule is O=C(O)Nc1cc(C(F)(F)F)c2nc1-c1nnc(o1)C(O)(C(F)(F)F)CCCCN(C1CC(F)(F)C1)C2=O. The molecule has 0 aromatic carbocycles. The lowest BCUT2D eigenvalue weighted by molar-refractivity contribution is -0.277. The van der Waals surface area contributed by atoms with Crippen molar-refractivity contribution < 1.29 is 59.3 Å². The van der Waals surface area contributed by atoms with E-state index < -0.39 is 109 Å². The number of aliphatic hydroxyl groups is 1. The maximum absolute atomic E-state index is 13.9. The fourth-order valence-electron chi connectivity index (χ4n) is 4.22. The molecule has 3 N–H and O–H groups in total. The number of amides is 2. The summed E-state index contributed by atoms with van der Waals surface area (Å²) in [5, 5.41) is 27.5. The summed E-state index contributed by atoms with van der Waals surface area (Å²) >= 11 is 0. The summed E-state index contributed by atoms with van der Waals surface area (Å²) in [5.41, 5.74) is -8.75. The van der Waals surface area contributed by atoms with Crippen LogP contribution in [0.25, 0.3) is 11.6 Å². The Hall–Kier alpha value is -3.57. The highest BCUT2D eigenvalue weighted by molar-refractivity contribution is 5.97. The van der Waals surface area contributed by atoms with Crippen LogP contribution < -0.4 is 5.32 Å². The fourth-order valence-corrected chi connectivity index (χ4v) is 4.22. The Morgan fingerprint density at radius 2 is 1.76 bits per heavy atom. The van der Waals surface area contributed by atoms with Gasteiger partial charge in [-0.05, 0) is 25.3 Å². The van der Waals surface area contributed by atoms with Crippen LogP contribution in [0, 0.1) is 0 Å². The number of alkyl halides is 8. The predicted molar refractivity (Wildman–Crippen MR) is 107 cm³/mol. The van der Waals surface area contributed by atoms with E-state index in [9.17, 15) is 49.8 Å². The number of halogens is 8. The van der Waals surface area contributed by atoms with Crippen molar-refractivity contribution in [1.29, 1.82) is 0 Å². The molecule has 38 heavy (non-hydrogen) atoms. The normalized spacial score (nSPS) is 22.7. The van der Waals surface area contributed by atoms with Gasteiger partial charge in [-0.2, -0.15) is 26.3 Å². The van der Waals surface area contributed by atoms with Crippen molar-refractivity contribution in [3.05, 3.63) is 23.2 Å². The Morgan fingerprint density at radius 3 is 2.32 bits per heavy atom. The first-order valence-corrected chi connectivity index (χ1v) is 10.9. The molecule has 2 aromatic rings. The molecule has 2 amide bonds. The lowest BCUT2D eigenvalue weighted by Crippen LogP contribution is -2.53. The van der Waals surface area contributed by atoms with Gasteiger partial charge in [0.2, 0.25) is 5.60 Å². The van der Waals surface area contributed by atoms with Crippen molar-refractivity contribution in [2.75, 3.05) is 11.9 Å². The molecule has 18 heteroatoms. The number of nitrogens with one attached hydrogen (secondary N) is 1. The average Bonchev–Trinajstić information content (AvgIpc) is 3.25. The first-order valence-electron chi connectivity index (χ1n) is 10.9. The summed E-state index contributed by atoms with van der Waals surface area (Å²) in [6, 6.07) is -1.10. The summed E-state index contributed by atoms with van der Waals surface area (Å²) in [5.74, 6) is -7.12. The third-order valence-electron chi connectivity index (χ3n) is 6.18. The minimum atomic E-state index is -5.37. The molecule has 208 valence electrons. The Labute approximate surface area is 206 Å². The number of hydrogen-bond donors (Lipinski definition) is 3. The zero-order valence-electron chi connectivity index (χ0n) is 18.8. The van der Waals surface area contributed by atoms with Crippen LogP contribution in [0.2, 0.25) is 0 Å². The number of hydrogen-bond acceptors (Lipinski definition) is 7. The number of carbonyl (C=O) groups excluding carboxylic acids is 1. The van der Waals surface area contributed by atoms with E-state index in [2.05, 4.69) is 15.2 Å². The van der Waals surface area contributed by atoms with E-state index in [0.29, 0.717) is 4.90 Å². The van der Waals surface area contributed by atoms with Gasteiger partial charge in [-0.3, -0.25) is 10.1 Å². The van der Waals surface area contributed by atoms with Gasteiger partial charge in [-0.1, -0.05) is 0 Å². The van der Waals surface area contributed by atoms with Crippen LogP contribution >= 0.6 is 0 Å². The van der Waals surface area contributed by atoms with Crippen molar-refractivity contribution in [3.63, 3.8) is 0 Å². The summed E-state index contributed by atoms with van der Waals surface area (Å²) < 4.78 is 115. The first-order chi connectivity index (χ1) is 17.4. The zero-order valence-corrected chi connectivity index (χ0v) is 18.8. The van der Waals surface area contributed by atoms with Gasteiger partial charge < -0.3 is 19.5 Å². The molecule has 0 spiro atoms. The highest BCUT2D eigenvalue weighted by atomic mass is 19.4. The average molecular weight is 559 g/mol. The van der Waals surface area contributed by atoms with Crippen LogP contribution in [0.1, 0.15) is 54.0 Å². The third kappa shape index (κ3) is 4.95. The molecule has 0 radical (unpaired) electrons. The maximum Gasteiger partial charge on any atom is 0.426 e. The van der Waals surface area contributed by atoms with E-state index in [0.717, 1.165) is 0 Å². The number of rotatable bonds is 2. The second-order valence-corrected chi connectivity index (χ2v) is 8.85. The van der Waals surface area contributed by atoms with E-state index in [1.807, 2.05) is 0 Å². The van der Waals surface area contributed by atoms with Crippen molar-refractivity contribution >= 4 is 17.7 Å². The van der Waals surface area contributed by atoms with E-state index in [-0.39, 0.29) is 12.5 Å². The minimum Gasteiger partial charge on any atom is -0.465 e. The number of pyridine rings is 1. The molecule has 2 aromatic heterocycles. The molecule has 2 aliphatic rings. The number of aromatic nitrogens is 3. The molecule has 1 unspecified atom stereocenters. The number of fused-ring (bicyclic) bond motifs is 5. The summed E-state index contributed by atoms with van der Waals surface area (Å²) in [6.07, 6.45) is -16.3. The standard InChI is InChI=1S/C20H17F8N5O5/c21-17(22)6-8(7-17)33-4-2-1-3-18(37,20(26,27)28)15-32-31-13(38-15)12-10(29-16(35)36)5-9(19(23,24)25)11(30-12)14(33)34/h5,8,29,37H,1-4,6-7H2,(H,35,36). The predicted octanol–water partition coefficient (Wildman–Crippen LogP) is 4.41. The van der Waals surface area contributed by atoms with Crippen LogP contribution in [0.4, 0.5) is 45.6 Å². The largest absolute Gasteiger partial charge is 0.465 e. The van der Waals surface area contributed by atoms with Gasteiger partial charge in [0.1, 0.15) is 5.69 Å². The van der Waals surface area contributed by atoms with Crippen molar-refractivity contribution in [3.8, 4) is 11.6 Å². The quantitative estimate of drug-likeness (QED) is 0.460. The van der Waals surface area contributed by atoms with Gasteiger partial charge >= 0.3 is 18.4 Å². The van der Waals surface area contributed by atoms with Crippen molar-refractivity contribution in [2.24, 2.45) is 0 Å². The number of nitrogens with zero attached hydrogens (tertiary/aromatic N) is 4. The van der Waals surface area contributed by atoms with Gasteiger partial charge in [0.25, 0.3) is 23.6 Å². The van der Waals surface area contributed by atoms with Crippen molar-refractivity contribution in [1.82, 2.24) is 20.1 Å². The molecule has 0 saturated heterocycles. The Bertz CT molecular complexity index is 1260. The van der Waals surface area contributed by atoms with Crippen LogP contribution in [-0.2, 0) is 11.8 Å². The van der Waals surface area contributed by atoms with Gasteiger partial charge in [0, 0.05) is 25.4 Å². The van der Waals surface area contributed by atoms with Gasteiger partial charge in [-0.25, -0.2) is 18.6 Å². The van der Waals surface area contributed by atoms with E-state index in [1.165, 1.54) is 0 Å². The fraction of sp³-hybridized carbons (Fsp3) is 0.550. The molecule has 1 fully saturated rings. The van der Waals surface area contributed by atoms with E-state index in [1.54, 1.807) is 5.32 Å². The Kier molecular flexibility index (Phi) is 6.52. The minimum absolute atomic E-state index is 0.150. The topological polar surface area (TPSA) is 142 Å². The second kappa shape index (κ2) is 9.02. The first kappa shape index (κ1) is 27.5. The van der Waals surface area contributed by atoms with Gasteiger partial charge in [0.15, 0.2) is 5.69 Å². The summed E-state index contributed by atoms with van der Waals surface area (Å²) in [4.78, 5) is 28.7. The van der Waals surface area contributed by atoms with E-state index >= 15 is 0 Å². The molecule has 3 heterocycles. The van der Waals surface area contributed by atoms with Crippen LogP contribution in [0.3, 0.4) is 0 Å². The number of anilines is 1. The molecule has 4 rings (SSSR count). The zero-order chi connectivity index (χ0) is 28.3. The van der Waals surface area contributed by atoms with Crippen LogP contribution in [0.5, 0.6) is 0 Å². The number of carbonyl (C=O) groups is 2.